The van der Waals surface area contributed by atoms with Crippen LogP contribution in [0.5, 0.6) is 0 Å². The van der Waals surface area contributed by atoms with E-state index in [1.807, 2.05) is 6.07 Å². The first kappa shape index (κ1) is 18.0. The molecule has 3 fully saturated rings. The van der Waals surface area contributed by atoms with Crippen LogP contribution in [0.3, 0.4) is 0 Å². The number of hydrogen-bond donors (Lipinski definition) is 1. The van der Waals surface area contributed by atoms with Crippen LogP contribution in [-0.4, -0.2) is 67.2 Å². The van der Waals surface area contributed by atoms with Gasteiger partial charge >= 0.3 is 0 Å². The van der Waals surface area contributed by atoms with Gasteiger partial charge in [-0.05, 0) is 44.3 Å². The maximum Gasteiger partial charge on any atom is 0.224 e. The fraction of sp³-hybridized carbons (Fsp3) is 0.667. The van der Waals surface area contributed by atoms with Crippen molar-refractivity contribution < 1.29 is 9.53 Å². The van der Waals surface area contributed by atoms with E-state index < -0.39 is 0 Å². The van der Waals surface area contributed by atoms with Gasteiger partial charge in [-0.25, -0.2) is 0 Å². The molecule has 3 unspecified atom stereocenters. The zero-order valence-corrected chi connectivity index (χ0v) is 15.6. The Morgan fingerprint density at radius 3 is 2.85 bits per heavy atom. The average molecular weight is 357 g/mol. The lowest BCUT2D eigenvalue weighted by atomic mass is 9.96. The van der Waals surface area contributed by atoms with E-state index in [1.165, 1.54) is 24.9 Å². The lowest BCUT2D eigenvalue weighted by molar-refractivity contribution is -0.128. The van der Waals surface area contributed by atoms with Crippen LogP contribution in [0, 0.1) is 5.92 Å². The summed E-state index contributed by atoms with van der Waals surface area (Å²) in [6.45, 7) is 6.52. The van der Waals surface area contributed by atoms with Gasteiger partial charge in [-0.1, -0.05) is 30.3 Å². The summed E-state index contributed by atoms with van der Waals surface area (Å²) in [4.78, 5) is 17.6. The normalized spacial score (nSPS) is 30.1. The number of carbonyl (C=O) groups is 1. The Balaban J connectivity index is 1.22. The molecule has 1 aromatic carbocycles. The third-order valence-corrected chi connectivity index (χ3v) is 6.09. The average Bonchev–Trinajstić information content (AvgIpc) is 3.15. The number of hydrogen-bond acceptors (Lipinski definition) is 4. The molecule has 1 N–H and O–H groups in total. The van der Waals surface area contributed by atoms with Crippen molar-refractivity contribution >= 4 is 5.91 Å². The van der Waals surface area contributed by atoms with Crippen LogP contribution in [0.25, 0.3) is 0 Å². The minimum absolute atomic E-state index is 0.107. The molecule has 0 radical (unpaired) electrons. The number of carbonyl (C=O) groups excluding carboxylic acids is 1. The Hall–Kier alpha value is -1.43. The van der Waals surface area contributed by atoms with Gasteiger partial charge in [0, 0.05) is 32.2 Å². The maximum absolute atomic E-state index is 12.7. The van der Waals surface area contributed by atoms with Crippen LogP contribution in [0.15, 0.2) is 30.3 Å². The van der Waals surface area contributed by atoms with Crippen molar-refractivity contribution in [3.63, 3.8) is 0 Å². The Labute approximate surface area is 156 Å². The second-order valence-corrected chi connectivity index (χ2v) is 8.05. The quantitative estimate of drug-likeness (QED) is 0.874. The van der Waals surface area contributed by atoms with Gasteiger partial charge in [-0.3, -0.25) is 14.6 Å². The standard InChI is InChI=1S/C21H31N3O2/c25-21(22-12-20-15-24-11-5-9-19(24)16-26-20)18-8-4-10-23(14-18)13-17-6-2-1-3-7-17/h1-3,6-7,18-20H,4-5,8-16H2,(H,22,25). The Bertz CT molecular complexity index is 594. The summed E-state index contributed by atoms with van der Waals surface area (Å²) in [5, 5.41) is 3.17. The number of likely N-dealkylation sites (tertiary alicyclic amines) is 1. The number of rotatable bonds is 5. The van der Waals surface area contributed by atoms with E-state index in [2.05, 4.69) is 39.4 Å². The fourth-order valence-electron chi connectivity index (χ4n) is 4.62. The van der Waals surface area contributed by atoms with Crippen molar-refractivity contribution in [2.24, 2.45) is 5.92 Å². The number of fused-ring (bicyclic) bond motifs is 1. The summed E-state index contributed by atoms with van der Waals surface area (Å²) in [5.74, 6) is 0.311. The Morgan fingerprint density at radius 1 is 1.12 bits per heavy atom. The monoisotopic (exact) mass is 357 g/mol. The zero-order chi connectivity index (χ0) is 17.8. The minimum Gasteiger partial charge on any atom is -0.373 e. The first-order valence-electron chi connectivity index (χ1n) is 10.2. The molecule has 0 saturated carbocycles. The molecular formula is C21H31N3O2. The van der Waals surface area contributed by atoms with E-state index >= 15 is 0 Å². The molecule has 1 aromatic rings. The molecule has 0 spiro atoms. The van der Waals surface area contributed by atoms with E-state index in [0.29, 0.717) is 12.6 Å². The molecule has 5 heteroatoms. The van der Waals surface area contributed by atoms with Crippen LogP contribution >= 0.6 is 0 Å². The van der Waals surface area contributed by atoms with Crippen molar-refractivity contribution in [2.45, 2.75) is 44.4 Å². The molecule has 142 valence electrons. The topological polar surface area (TPSA) is 44.8 Å². The fourth-order valence-corrected chi connectivity index (χ4v) is 4.62. The molecular weight excluding hydrogens is 326 g/mol. The Morgan fingerprint density at radius 2 is 1.96 bits per heavy atom. The van der Waals surface area contributed by atoms with Crippen LogP contribution in [0.2, 0.25) is 0 Å². The highest BCUT2D eigenvalue weighted by molar-refractivity contribution is 5.79. The van der Waals surface area contributed by atoms with Crippen LogP contribution < -0.4 is 5.32 Å². The second kappa shape index (κ2) is 8.51. The molecule has 0 aliphatic carbocycles. The van der Waals surface area contributed by atoms with Crippen molar-refractivity contribution in [2.75, 3.05) is 39.3 Å². The first-order chi connectivity index (χ1) is 12.8. The number of benzene rings is 1. The number of piperidine rings is 1. The number of amides is 1. The molecule has 3 atom stereocenters. The number of ether oxygens (including phenoxy) is 1. The molecule has 26 heavy (non-hydrogen) atoms. The van der Waals surface area contributed by atoms with Gasteiger partial charge in [0.1, 0.15) is 0 Å². The van der Waals surface area contributed by atoms with Gasteiger partial charge in [-0.2, -0.15) is 0 Å². The highest BCUT2D eigenvalue weighted by Crippen LogP contribution is 2.23. The molecule has 4 rings (SSSR count). The van der Waals surface area contributed by atoms with Gasteiger partial charge in [0.15, 0.2) is 0 Å². The number of nitrogens with zero attached hydrogens (tertiary/aromatic N) is 2. The zero-order valence-electron chi connectivity index (χ0n) is 15.6. The van der Waals surface area contributed by atoms with E-state index in [-0.39, 0.29) is 17.9 Å². The van der Waals surface area contributed by atoms with E-state index in [9.17, 15) is 4.79 Å². The third kappa shape index (κ3) is 4.45. The molecule has 3 aliphatic rings. The van der Waals surface area contributed by atoms with Gasteiger partial charge in [0.25, 0.3) is 0 Å². The molecule has 3 aliphatic heterocycles. The van der Waals surface area contributed by atoms with Crippen molar-refractivity contribution in [3.05, 3.63) is 35.9 Å². The van der Waals surface area contributed by atoms with Crippen molar-refractivity contribution in [1.29, 1.82) is 0 Å². The smallest absolute Gasteiger partial charge is 0.224 e. The minimum atomic E-state index is 0.107. The third-order valence-electron chi connectivity index (χ3n) is 6.09. The summed E-state index contributed by atoms with van der Waals surface area (Å²) in [6, 6.07) is 11.2. The maximum atomic E-state index is 12.7. The molecule has 0 aromatic heterocycles. The van der Waals surface area contributed by atoms with Crippen molar-refractivity contribution in [3.8, 4) is 0 Å². The largest absolute Gasteiger partial charge is 0.373 e. The lowest BCUT2D eigenvalue weighted by Gasteiger charge is -2.36. The summed E-state index contributed by atoms with van der Waals surface area (Å²) < 4.78 is 5.96. The van der Waals surface area contributed by atoms with Crippen LogP contribution in [-0.2, 0) is 16.1 Å². The van der Waals surface area contributed by atoms with Crippen LogP contribution in [0.1, 0.15) is 31.2 Å². The van der Waals surface area contributed by atoms with Gasteiger partial charge in [0.05, 0.1) is 18.6 Å². The second-order valence-electron chi connectivity index (χ2n) is 8.05. The highest BCUT2D eigenvalue weighted by Gasteiger charge is 2.33. The summed E-state index contributed by atoms with van der Waals surface area (Å²) in [5.41, 5.74) is 1.32. The summed E-state index contributed by atoms with van der Waals surface area (Å²) >= 11 is 0. The molecule has 3 heterocycles. The highest BCUT2D eigenvalue weighted by atomic mass is 16.5. The summed E-state index contributed by atoms with van der Waals surface area (Å²) in [7, 11) is 0. The molecule has 5 nitrogen and oxygen atoms in total. The Kier molecular flexibility index (Phi) is 5.88. The SMILES string of the molecule is O=C(NCC1CN2CCCC2CO1)C1CCCN(Cc2ccccc2)C1. The molecule has 1 amide bonds. The van der Waals surface area contributed by atoms with Gasteiger partial charge in [0.2, 0.25) is 5.91 Å². The van der Waals surface area contributed by atoms with Crippen LogP contribution in [0.4, 0.5) is 0 Å². The molecule has 0 bridgehead atoms. The van der Waals surface area contributed by atoms with E-state index in [1.54, 1.807) is 0 Å². The molecule has 3 saturated heterocycles. The van der Waals surface area contributed by atoms with Gasteiger partial charge in [-0.15, -0.1) is 0 Å². The predicted octanol–water partition coefficient (Wildman–Crippen LogP) is 1.88. The first-order valence-corrected chi connectivity index (χ1v) is 10.2. The van der Waals surface area contributed by atoms with E-state index in [4.69, 9.17) is 4.74 Å². The predicted molar refractivity (Wildman–Crippen MR) is 102 cm³/mol. The number of nitrogens with one attached hydrogen (secondary N) is 1. The van der Waals surface area contributed by atoms with Gasteiger partial charge < -0.3 is 10.1 Å². The lowest BCUT2D eigenvalue weighted by Crippen LogP contribution is -2.51. The summed E-state index contributed by atoms with van der Waals surface area (Å²) in [6.07, 6.45) is 4.79. The van der Waals surface area contributed by atoms with Crippen molar-refractivity contribution in [1.82, 2.24) is 15.1 Å². The number of morpholine rings is 1. The van der Waals surface area contributed by atoms with E-state index in [0.717, 1.165) is 45.6 Å².